The number of hydrogen-bond donors (Lipinski definition) is 0. The van der Waals surface area contributed by atoms with Gasteiger partial charge < -0.3 is 0 Å². The Hall–Kier alpha value is -2.09. The molecule has 20 heavy (non-hydrogen) atoms. The number of anilines is 2. The molecule has 1 aliphatic heterocycles. The maximum Gasteiger partial charge on any atom is 0.234 e. The van der Waals surface area contributed by atoms with Crippen molar-refractivity contribution in [2.45, 2.75) is 26.7 Å². The van der Waals surface area contributed by atoms with Crippen molar-refractivity contribution in [3.63, 3.8) is 0 Å². The minimum atomic E-state index is -0.0192. The molecule has 0 spiro atoms. The van der Waals surface area contributed by atoms with Crippen LogP contribution >= 0.6 is 0 Å². The number of carbonyl (C=O) groups is 1. The van der Waals surface area contributed by atoms with Crippen LogP contribution in [0.1, 0.15) is 25.0 Å². The van der Waals surface area contributed by atoms with Crippen LogP contribution in [0.4, 0.5) is 11.4 Å². The van der Waals surface area contributed by atoms with Gasteiger partial charge in [0.05, 0.1) is 11.4 Å². The highest BCUT2D eigenvalue weighted by molar-refractivity contribution is 6.03. The van der Waals surface area contributed by atoms with Crippen LogP contribution in [0.15, 0.2) is 48.5 Å². The predicted molar refractivity (Wildman–Crippen MR) is 82.3 cm³/mol. The number of carbonyl (C=O) groups excluding carboxylic acids is 1. The number of rotatable bonds is 1. The van der Waals surface area contributed by atoms with Crippen molar-refractivity contribution < 1.29 is 4.79 Å². The molecule has 0 saturated carbocycles. The van der Waals surface area contributed by atoms with Gasteiger partial charge in [-0.25, -0.2) is 0 Å². The van der Waals surface area contributed by atoms with Gasteiger partial charge in [0.15, 0.2) is 0 Å². The summed E-state index contributed by atoms with van der Waals surface area (Å²) in [5.74, 6) is 0.140. The Balaban J connectivity index is 2.21. The zero-order valence-electron chi connectivity index (χ0n) is 12.0. The number of nitrogens with zero attached hydrogens (tertiary/aromatic N) is 1. The van der Waals surface area contributed by atoms with E-state index in [-0.39, 0.29) is 11.8 Å². The highest BCUT2D eigenvalue weighted by Crippen LogP contribution is 2.36. The van der Waals surface area contributed by atoms with Gasteiger partial charge in [-0.05, 0) is 36.1 Å². The molecule has 1 heterocycles. The molecular weight excluding hydrogens is 246 g/mol. The molecule has 0 N–H and O–H groups in total. The summed E-state index contributed by atoms with van der Waals surface area (Å²) in [5.41, 5.74) is 4.57. The lowest BCUT2D eigenvalue weighted by Gasteiger charge is -2.26. The Morgan fingerprint density at radius 3 is 1.80 bits per heavy atom. The highest BCUT2D eigenvalue weighted by atomic mass is 16.2. The highest BCUT2D eigenvalue weighted by Gasteiger charge is 2.26. The number of amides is 1. The standard InChI is InChI=1S/C18H19NO/c1-13(2)18(20)19-16-9-5-3-7-14(16)11-12-15-8-4-6-10-17(15)19/h3-10,13H,11-12H2,1-2H3. The SMILES string of the molecule is CC(C)C(=O)N1c2ccccc2CCc2ccccc21. The zero-order chi connectivity index (χ0) is 14.1. The molecule has 0 radical (unpaired) electrons. The van der Waals surface area contributed by atoms with Gasteiger partial charge >= 0.3 is 0 Å². The second-order valence-corrected chi connectivity index (χ2v) is 5.59. The van der Waals surface area contributed by atoms with Gasteiger partial charge in [-0.1, -0.05) is 50.2 Å². The molecule has 0 saturated heterocycles. The molecule has 0 unspecified atom stereocenters. The summed E-state index contributed by atoms with van der Waals surface area (Å²) in [7, 11) is 0. The fourth-order valence-electron chi connectivity index (χ4n) is 2.78. The van der Waals surface area contributed by atoms with Gasteiger partial charge in [0.25, 0.3) is 0 Å². The number of para-hydroxylation sites is 2. The molecule has 1 aliphatic rings. The lowest BCUT2D eigenvalue weighted by molar-refractivity contribution is -0.120. The first kappa shape index (κ1) is 12.9. The summed E-state index contributed by atoms with van der Waals surface area (Å²) in [4.78, 5) is 14.6. The van der Waals surface area contributed by atoms with Gasteiger partial charge in [0.2, 0.25) is 5.91 Å². The summed E-state index contributed by atoms with van der Waals surface area (Å²) in [6.07, 6.45) is 1.96. The number of benzene rings is 2. The number of fused-ring (bicyclic) bond motifs is 2. The molecule has 0 aliphatic carbocycles. The summed E-state index contributed by atoms with van der Waals surface area (Å²) >= 11 is 0. The van der Waals surface area contributed by atoms with Crippen molar-refractivity contribution in [3.8, 4) is 0 Å². The minimum Gasteiger partial charge on any atom is -0.280 e. The van der Waals surface area contributed by atoms with E-state index in [2.05, 4.69) is 24.3 Å². The van der Waals surface area contributed by atoms with E-state index in [1.807, 2.05) is 43.0 Å². The molecule has 3 rings (SSSR count). The van der Waals surface area contributed by atoms with Gasteiger partial charge in [0.1, 0.15) is 0 Å². The molecule has 0 fully saturated rings. The Morgan fingerprint density at radius 2 is 1.35 bits per heavy atom. The van der Waals surface area contributed by atoms with Crippen molar-refractivity contribution >= 4 is 17.3 Å². The fraction of sp³-hybridized carbons (Fsp3) is 0.278. The molecule has 2 heteroatoms. The van der Waals surface area contributed by atoms with Crippen LogP contribution in [-0.4, -0.2) is 5.91 Å². The smallest absolute Gasteiger partial charge is 0.234 e. The monoisotopic (exact) mass is 265 g/mol. The second-order valence-electron chi connectivity index (χ2n) is 5.59. The molecule has 1 amide bonds. The third-order valence-corrected chi connectivity index (χ3v) is 3.84. The Bertz CT molecular complexity index is 598. The summed E-state index contributed by atoms with van der Waals surface area (Å²) in [6, 6.07) is 16.5. The van der Waals surface area contributed by atoms with Crippen molar-refractivity contribution in [1.29, 1.82) is 0 Å². The zero-order valence-corrected chi connectivity index (χ0v) is 12.0. The van der Waals surface area contributed by atoms with E-state index in [1.165, 1.54) is 11.1 Å². The van der Waals surface area contributed by atoms with E-state index in [9.17, 15) is 4.79 Å². The second kappa shape index (κ2) is 5.12. The van der Waals surface area contributed by atoms with Crippen molar-refractivity contribution in [1.82, 2.24) is 0 Å². The van der Waals surface area contributed by atoms with Crippen LogP contribution in [0.3, 0.4) is 0 Å². The van der Waals surface area contributed by atoms with Crippen LogP contribution in [0.5, 0.6) is 0 Å². The minimum absolute atomic E-state index is 0.0192. The molecule has 0 atom stereocenters. The van der Waals surface area contributed by atoms with Crippen LogP contribution < -0.4 is 4.90 Å². The molecule has 102 valence electrons. The molecule has 2 nitrogen and oxygen atoms in total. The van der Waals surface area contributed by atoms with E-state index in [4.69, 9.17) is 0 Å². The maximum absolute atomic E-state index is 12.7. The molecule has 0 bridgehead atoms. The van der Waals surface area contributed by atoms with E-state index < -0.39 is 0 Å². The van der Waals surface area contributed by atoms with E-state index >= 15 is 0 Å². The number of aryl methyl sites for hydroxylation is 2. The Labute approximate surface area is 120 Å². The molecular formula is C18H19NO. The normalized spacial score (nSPS) is 13.7. The molecule has 2 aromatic rings. The average Bonchev–Trinajstić information content (AvgIpc) is 2.63. The summed E-state index contributed by atoms with van der Waals surface area (Å²) in [6.45, 7) is 3.91. The van der Waals surface area contributed by atoms with Crippen LogP contribution in [-0.2, 0) is 17.6 Å². The first-order valence-corrected chi connectivity index (χ1v) is 7.18. The third kappa shape index (κ3) is 2.11. The quantitative estimate of drug-likeness (QED) is 0.760. The first-order valence-electron chi connectivity index (χ1n) is 7.18. The van der Waals surface area contributed by atoms with E-state index in [0.717, 1.165) is 24.2 Å². The lowest BCUT2D eigenvalue weighted by Crippen LogP contribution is -2.30. The predicted octanol–water partition coefficient (Wildman–Crippen LogP) is 4.11. The molecule has 2 aromatic carbocycles. The Morgan fingerprint density at radius 1 is 0.900 bits per heavy atom. The lowest BCUT2D eigenvalue weighted by atomic mass is 10.0. The maximum atomic E-state index is 12.7. The Kier molecular flexibility index (Phi) is 3.31. The topological polar surface area (TPSA) is 20.3 Å². The number of hydrogen-bond acceptors (Lipinski definition) is 1. The van der Waals surface area contributed by atoms with Crippen LogP contribution in [0.25, 0.3) is 0 Å². The van der Waals surface area contributed by atoms with Gasteiger partial charge in [-0.3, -0.25) is 9.69 Å². The average molecular weight is 265 g/mol. The molecule has 0 aromatic heterocycles. The summed E-state index contributed by atoms with van der Waals surface area (Å²) in [5, 5.41) is 0. The fourth-order valence-corrected chi connectivity index (χ4v) is 2.78. The van der Waals surface area contributed by atoms with Gasteiger partial charge in [-0.15, -0.1) is 0 Å². The van der Waals surface area contributed by atoms with Crippen molar-refractivity contribution in [2.24, 2.45) is 5.92 Å². The van der Waals surface area contributed by atoms with Crippen molar-refractivity contribution in [3.05, 3.63) is 59.7 Å². The van der Waals surface area contributed by atoms with Gasteiger partial charge in [0, 0.05) is 5.92 Å². The van der Waals surface area contributed by atoms with Crippen LogP contribution in [0.2, 0.25) is 0 Å². The first-order chi connectivity index (χ1) is 9.68. The van der Waals surface area contributed by atoms with Gasteiger partial charge in [-0.2, -0.15) is 0 Å². The van der Waals surface area contributed by atoms with E-state index in [1.54, 1.807) is 0 Å². The van der Waals surface area contributed by atoms with Crippen molar-refractivity contribution in [2.75, 3.05) is 4.90 Å². The largest absolute Gasteiger partial charge is 0.280 e. The summed E-state index contributed by atoms with van der Waals surface area (Å²) < 4.78 is 0. The van der Waals surface area contributed by atoms with Crippen LogP contribution in [0, 0.1) is 5.92 Å². The third-order valence-electron chi connectivity index (χ3n) is 3.84. The van der Waals surface area contributed by atoms with E-state index in [0.29, 0.717) is 0 Å².